The van der Waals surface area contributed by atoms with E-state index in [9.17, 15) is 30.0 Å². The van der Waals surface area contributed by atoms with E-state index in [1.54, 1.807) is 27.2 Å². The van der Waals surface area contributed by atoms with Gasteiger partial charge in [-0.05, 0) is 95.5 Å². The van der Waals surface area contributed by atoms with Crippen LogP contribution in [0.15, 0.2) is 11.6 Å². The maximum atomic E-state index is 13.3. The monoisotopic (exact) mass is 822 g/mol. The maximum absolute atomic E-state index is 13.3. The van der Waals surface area contributed by atoms with Gasteiger partial charge in [-0.3, -0.25) is 0 Å². The van der Waals surface area contributed by atoms with Crippen LogP contribution in [0.4, 0.5) is 0 Å². The third-order valence-electron chi connectivity index (χ3n) is 16.3. The van der Waals surface area contributed by atoms with Gasteiger partial charge >= 0.3 is 5.97 Å². The molecule has 4 N–H and O–H groups in total. The zero-order valence-corrected chi connectivity index (χ0v) is 34.9. The molecule has 3 saturated heterocycles. The van der Waals surface area contributed by atoms with Crippen LogP contribution in [0.25, 0.3) is 0 Å². The summed E-state index contributed by atoms with van der Waals surface area (Å²) >= 11 is 0. The average molecular weight is 823 g/mol. The van der Waals surface area contributed by atoms with Gasteiger partial charge in [-0.2, -0.15) is 0 Å². The summed E-state index contributed by atoms with van der Waals surface area (Å²) in [7, 11) is 3.16. The molecule has 4 heterocycles. The van der Waals surface area contributed by atoms with Gasteiger partial charge in [0.1, 0.15) is 31.2 Å². The zero-order chi connectivity index (χ0) is 41.4. The van der Waals surface area contributed by atoms with E-state index in [0.717, 1.165) is 18.3 Å². The number of fused-ring (bicyclic) bond motifs is 5. The molecule has 0 bridgehead atoms. The van der Waals surface area contributed by atoms with Crippen LogP contribution < -0.4 is 0 Å². The number of methoxy groups -OCH3 is 2. The third kappa shape index (κ3) is 7.14. The van der Waals surface area contributed by atoms with Gasteiger partial charge in [0, 0.05) is 51.4 Å². The van der Waals surface area contributed by atoms with Gasteiger partial charge in [0.15, 0.2) is 18.9 Å². The average Bonchev–Trinajstić information content (AvgIpc) is 3.73. The molecule has 8 rings (SSSR count). The Hall–Kier alpha value is -1.60. The Labute approximate surface area is 341 Å². The molecule has 2 unspecified atom stereocenters. The van der Waals surface area contributed by atoms with Crippen molar-refractivity contribution in [3.63, 3.8) is 0 Å². The summed E-state index contributed by atoms with van der Waals surface area (Å²) in [5, 5.41) is 46.8. The Morgan fingerprint density at radius 3 is 2.05 bits per heavy atom. The summed E-state index contributed by atoms with van der Waals surface area (Å²) in [6, 6.07) is 0. The fourth-order valence-corrected chi connectivity index (χ4v) is 13.1. The maximum Gasteiger partial charge on any atom is 0.331 e. The van der Waals surface area contributed by atoms with Crippen LogP contribution >= 0.6 is 0 Å². The largest absolute Gasteiger partial charge is 0.458 e. The molecule has 15 nitrogen and oxygen atoms in total. The highest BCUT2D eigenvalue weighted by molar-refractivity contribution is 5.85. The number of hydrogen-bond acceptors (Lipinski definition) is 15. The Bertz CT molecular complexity index is 1530. The van der Waals surface area contributed by atoms with Gasteiger partial charge in [-0.15, -0.1) is 0 Å². The summed E-state index contributed by atoms with van der Waals surface area (Å²) in [6.07, 6.45) is 0.801. The van der Waals surface area contributed by atoms with E-state index in [4.69, 9.17) is 42.6 Å². The molecule has 0 aromatic heterocycles. The molecule has 4 saturated carbocycles. The quantitative estimate of drug-likeness (QED) is 0.143. The minimum atomic E-state index is -1.30. The standard InChI is InChI=1S/C43H66O15/c1-22-37(47)31(50-5)17-35(53-22)58-39-24(3)55-36(18-32(39)51-6)57-38-23(2)54-34(16-30(38)45)56-26-7-12-41(21-44)28-8-11-40(4)27(25-15-33(46)52-20-25)10-14-43(40,49)29(28)9-13-42(41,48)19-26/h15,21-24,26-32,34-39,45,47-49H,7-14,16-20H2,1-6H3/t22-,23-,24-,26+,27-,28?,29?,30+,31-,32-,34+,35+,36+,37+,38-,39-,40-,41+,42+,43+/m1/s1. The van der Waals surface area contributed by atoms with Crippen molar-refractivity contribution in [3.8, 4) is 0 Å². The van der Waals surface area contributed by atoms with Gasteiger partial charge in [0.05, 0.1) is 59.3 Å². The van der Waals surface area contributed by atoms with Crippen molar-refractivity contribution in [3.05, 3.63) is 11.6 Å². The lowest BCUT2D eigenvalue weighted by Gasteiger charge is -2.65. The number of esters is 1. The number of carbonyl (C=O) groups is 2. The Balaban J connectivity index is 0.861. The molecule has 0 aromatic carbocycles. The van der Waals surface area contributed by atoms with Crippen molar-refractivity contribution in [2.45, 2.75) is 196 Å². The SMILES string of the molecule is CO[C@@H]1C[C@H](O[C@@H]2[C@@H](C)O[C@@H](O[C@H]3[C@@H](O)C[C@H](O[C@H]4CC[C@]5(C=O)C6CC[C@]7(C)[C@@H](C8=CC(=O)OC8)CC[C@]7(O)C6CC[C@]5(O)C4)O[C@@H]3C)C[C@H]2OC)O[C@H](C)[C@@H]1O. The van der Waals surface area contributed by atoms with E-state index < -0.39 is 102 Å². The van der Waals surface area contributed by atoms with Crippen LogP contribution in [0.3, 0.4) is 0 Å². The van der Waals surface area contributed by atoms with Crippen molar-refractivity contribution in [2.24, 2.45) is 28.6 Å². The molecule has 0 aromatic rings. The summed E-state index contributed by atoms with van der Waals surface area (Å²) in [6.45, 7) is 7.90. The van der Waals surface area contributed by atoms with Crippen LogP contribution in [-0.4, -0.2) is 145 Å². The van der Waals surface area contributed by atoms with E-state index in [0.29, 0.717) is 57.8 Å². The third-order valence-corrected chi connectivity index (χ3v) is 16.3. The fourth-order valence-electron chi connectivity index (χ4n) is 13.1. The Morgan fingerprint density at radius 1 is 0.759 bits per heavy atom. The summed E-state index contributed by atoms with van der Waals surface area (Å²) in [5.41, 5.74) is -2.81. The topological polar surface area (TPSA) is 198 Å². The van der Waals surface area contributed by atoms with Gasteiger partial charge in [-0.25, -0.2) is 4.79 Å². The van der Waals surface area contributed by atoms with E-state index >= 15 is 0 Å². The fraction of sp³-hybridized carbons (Fsp3) is 0.907. The minimum Gasteiger partial charge on any atom is -0.458 e. The van der Waals surface area contributed by atoms with E-state index in [2.05, 4.69) is 6.92 Å². The number of aliphatic hydroxyl groups is 4. The summed E-state index contributed by atoms with van der Waals surface area (Å²) in [4.78, 5) is 25.3. The molecule has 0 spiro atoms. The van der Waals surface area contributed by atoms with Crippen LogP contribution in [-0.2, 0) is 52.2 Å². The number of cyclic esters (lactones) is 1. The molecular weight excluding hydrogens is 756 g/mol. The number of ether oxygens (including phenoxy) is 9. The summed E-state index contributed by atoms with van der Waals surface area (Å²) in [5.74, 6) is -0.598. The van der Waals surface area contributed by atoms with E-state index in [1.807, 2.05) is 13.8 Å². The van der Waals surface area contributed by atoms with E-state index in [-0.39, 0.29) is 43.2 Å². The van der Waals surface area contributed by atoms with Gasteiger partial charge in [0.25, 0.3) is 0 Å². The number of aldehydes is 1. The van der Waals surface area contributed by atoms with Crippen molar-refractivity contribution in [2.75, 3.05) is 20.8 Å². The van der Waals surface area contributed by atoms with Crippen LogP contribution in [0.2, 0.25) is 0 Å². The normalized spacial score (nSPS) is 53.2. The Kier molecular flexibility index (Phi) is 12.1. The minimum absolute atomic E-state index is 0.0428. The molecule has 58 heavy (non-hydrogen) atoms. The first-order valence-corrected chi connectivity index (χ1v) is 21.7. The highest BCUT2D eigenvalue weighted by atomic mass is 16.7. The smallest absolute Gasteiger partial charge is 0.331 e. The second kappa shape index (κ2) is 16.3. The van der Waals surface area contributed by atoms with Crippen LogP contribution in [0, 0.1) is 28.6 Å². The number of hydrogen-bond donors (Lipinski definition) is 4. The first-order chi connectivity index (χ1) is 27.6. The molecule has 20 atom stereocenters. The molecule has 0 radical (unpaired) electrons. The number of rotatable bonds is 10. The second-order valence-corrected chi connectivity index (χ2v) is 19.1. The molecule has 15 heteroatoms. The molecule has 4 aliphatic carbocycles. The van der Waals surface area contributed by atoms with Crippen molar-refractivity contribution >= 4 is 12.3 Å². The predicted molar refractivity (Wildman–Crippen MR) is 203 cm³/mol. The molecule has 8 aliphatic rings. The first kappa shape index (κ1) is 43.1. The Morgan fingerprint density at radius 2 is 1.40 bits per heavy atom. The number of carbonyl (C=O) groups excluding carboxylic acids is 2. The van der Waals surface area contributed by atoms with Gasteiger partial charge < -0.3 is 67.9 Å². The molecule has 4 aliphatic heterocycles. The lowest BCUT2D eigenvalue weighted by molar-refractivity contribution is -0.339. The highest BCUT2D eigenvalue weighted by Crippen LogP contribution is 2.70. The summed E-state index contributed by atoms with van der Waals surface area (Å²) < 4.78 is 54.2. The van der Waals surface area contributed by atoms with Crippen LogP contribution in [0.1, 0.15) is 105 Å². The van der Waals surface area contributed by atoms with Crippen molar-refractivity contribution in [1.82, 2.24) is 0 Å². The van der Waals surface area contributed by atoms with Crippen LogP contribution in [0.5, 0.6) is 0 Å². The molecule has 7 fully saturated rings. The van der Waals surface area contributed by atoms with Gasteiger partial charge in [-0.1, -0.05) is 6.92 Å². The first-order valence-electron chi connectivity index (χ1n) is 21.7. The predicted octanol–water partition coefficient (Wildman–Crippen LogP) is 2.85. The molecule has 0 amide bonds. The lowest BCUT2D eigenvalue weighted by Crippen LogP contribution is -2.69. The van der Waals surface area contributed by atoms with Gasteiger partial charge in [0.2, 0.25) is 0 Å². The number of aliphatic hydroxyl groups excluding tert-OH is 2. The zero-order valence-electron chi connectivity index (χ0n) is 34.9. The highest BCUT2D eigenvalue weighted by Gasteiger charge is 2.71. The van der Waals surface area contributed by atoms with Crippen molar-refractivity contribution in [1.29, 1.82) is 0 Å². The van der Waals surface area contributed by atoms with Crippen molar-refractivity contribution < 1.29 is 72.6 Å². The van der Waals surface area contributed by atoms with E-state index in [1.165, 1.54) is 0 Å². The second-order valence-electron chi connectivity index (χ2n) is 19.1. The molecule has 328 valence electrons. The lowest BCUT2D eigenvalue weighted by atomic mass is 9.41. The molecular formula is C43H66O15.